The van der Waals surface area contributed by atoms with Gasteiger partial charge < -0.3 is 9.47 Å². The zero-order chi connectivity index (χ0) is 13.5. The first kappa shape index (κ1) is 13.2. The minimum atomic E-state index is 0.160. The SMILES string of the molecule is CCOCCOc1nc(NN)nc(-n2cccn2)n1. The van der Waals surface area contributed by atoms with Crippen molar-refractivity contribution in [3.8, 4) is 12.0 Å². The summed E-state index contributed by atoms with van der Waals surface area (Å²) in [6, 6.07) is 1.92. The van der Waals surface area contributed by atoms with Crippen LogP contribution in [0.4, 0.5) is 5.95 Å². The Balaban J connectivity index is 2.12. The van der Waals surface area contributed by atoms with E-state index in [2.05, 4.69) is 25.5 Å². The number of anilines is 1. The van der Waals surface area contributed by atoms with E-state index in [9.17, 15) is 0 Å². The summed E-state index contributed by atoms with van der Waals surface area (Å²) in [4.78, 5) is 12.2. The first-order valence-corrected chi connectivity index (χ1v) is 5.76. The standard InChI is InChI=1S/C10H15N7O2/c1-2-18-6-7-19-10-14-8(16-11)13-9(15-10)17-5-3-4-12-17/h3-5H,2,6-7,11H2,1H3,(H,13,14,15,16). The summed E-state index contributed by atoms with van der Waals surface area (Å²) in [7, 11) is 0. The molecular weight excluding hydrogens is 250 g/mol. The molecule has 0 aliphatic heterocycles. The molecule has 102 valence electrons. The van der Waals surface area contributed by atoms with Crippen LogP contribution in [-0.2, 0) is 4.74 Å². The number of hydrazine groups is 1. The Bertz CT molecular complexity index is 503. The number of ether oxygens (including phenoxy) is 2. The minimum absolute atomic E-state index is 0.160. The predicted octanol–water partition coefficient (Wildman–Crippen LogP) is -0.242. The molecule has 0 amide bonds. The van der Waals surface area contributed by atoms with Crippen LogP contribution in [0, 0.1) is 0 Å². The Morgan fingerprint density at radius 1 is 1.32 bits per heavy atom. The van der Waals surface area contributed by atoms with Gasteiger partial charge in [0.15, 0.2) is 0 Å². The molecule has 0 fully saturated rings. The molecule has 2 heterocycles. The van der Waals surface area contributed by atoms with Gasteiger partial charge in [-0.1, -0.05) is 0 Å². The van der Waals surface area contributed by atoms with Crippen molar-refractivity contribution in [2.75, 3.05) is 25.2 Å². The van der Waals surface area contributed by atoms with Crippen LogP contribution >= 0.6 is 0 Å². The Kier molecular flexibility index (Phi) is 4.59. The molecule has 9 nitrogen and oxygen atoms in total. The van der Waals surface area contributed by atoms with E-state index in [-0.39, 0.29) is 12.0 Å². The summed E-state index contributed by atoms with van der Waals surface area (Å²) in [6.07, 6.45) is 3.33. The Hall–Kier alpha value is -2.26. The Morgan fingerprint density at radius 2 is 2.21 bits per heavy atom. The molecule has 0 radical (unpaired) electrons. The van der Waals surface area contributed by atoms with Crippen LogP contribution in [0.5, 0.6) is 6.01 Å². The highest BCUT2D eigenvalue weighted by molar-refractivity contribution is 5.28. The van der Waals surface area contributed by atoms with Crippen LogP contribution in [0.15, 0.2) is 18.5 Å². The third-order valence-electron chi connectivity index (χ3n) is 2.10. The van der Waals surface area contributed by atoms with E-state index in [0.29, 0.717) is 25.8 Å². The number of hydrogen-bond donors (Lipinski definition) is 2. The number of nitrogens with two attached hydrogens (primary N) is 1. The zero-order valence-electron chi connectivity index (χ0n) is 10.5. The van der Waals surface area contributed by atoms with E-state index in [1.54, 1.807) is 18.5 Å². The highest BCUT2D eigenvalue weighted by atomic mass is 16.5. The predicted molar refractivity (Wildman–Crippen MR) is 66.7 cm³/mol. The molecular formula is C10H15N7O2. The second kappa shape index (κ2) is 6.61. The fourth-order valence-corrected chi connectivity index (χ4v) is 1.30. The highest BCUT2D eigenvalue weighted by Crippen LogP contribution is 2.09. The van der Waals surface area contributed by atoms with Gasteiger partial charge >= 0.3 is 6.01 Å². The third-order valence-corrected chi connectivity index (χ3v) is 2.10. The maximum atomic E-state index is 5.37. The molecule has 3 N–H and O–H groups in total. The maximum Gasteiger partial charge on any atom is 0.323 e. The van der Waals surface area contributed by atoms with Gasteiger partial charge in [-0.3, -0.25) is 5.43 Å². The van der Waals surface area contributed by atoms with Gasteiger partial charge in [0.2, 0.25) is 5.95 Å². The van der Waals surface area contributed by atoms with Crippen LogP contribution in [0.3, 0.4) is 0 Å². The monoisotopic (exact) mass is 265 g/mol. The topological polar surface area (TPSA) is 113 Å². The number of rotatable bonds is 7. The third kappa shape index (κ3) is 3.60. The molecule has 2 aromatic rings. The van der Waals surface area contributed by atoms with Gasteiger partial charge in [-0.25, -0.2) is 10.5 Å². The summed E-state index contributed by atoms with van der Waals surface area (Å²) in [5, 5.41) is 4.03. The Morgan fingerprint density at radius 3 is 2.89 bits per heavy atom. The molecule has 0 aromatic carbocycles. The van der Waals surface area contributed by atoms with Crippen LogP contribution in [0.25, 0.3) is 5.95 Å². The summed E-state index contributed by atoms with van der Waals surface area (Å²) in [5.74, 6) is 5.82. The fraction of sp³-hybridized carbons (Fsp3) is 0.400. The van der Waals surface area contributed by atoms with Crippen molar-refractivity contribution in [1.82, 2.24) is 24.7 Å². The molecule has 19 heavy (non-hydrogen) atoms. The minimum Gasteiger partial charge on any atom is -0.461 e. The molecule has 2 aromatic heterocycles. The summed E-state index contributed by atoms with van der Waals surface area (Å²) < 4.78 is 12.0. The largest absolute Gasteiger partial charge is 0.461 e. The molecule has 0 aliphatic carbocycles. The van der Waals surface area contributed by atoms with Crippen molar-refractivity contribution in [2.24, 2.45) is 5.84 Å². The van der Waals surface area contributed by atoms with E-state index < -0.39 is 0 Å². The van der Waals surface area contributed by atoms with E-state index in [1.165, 1.54) is 4.68 Å². The van der Waals surface area contributed by atoms with Crippen molar-refractivity contribution < 1.29 is 9.47 Å². The average molecular weight is 265 g/mol. The Labute approximate surface area is 109 Å². The van der Waals surface area contributed by atoms with Gasteiger partial charge in [0, 0.05) is 19.0 Å². The molecule has 2 rings (SSSR count). The second-order valence-electron chi connectivity index (χ2n) is 3.38. The lowest BCUT2D eigenvalue weighted by atomic mass is 10.7. The van der Waals surface area contributed by atoms with Crippen molar-refractivity contribution in [2.45, 2.75) is 6.92 Å². The quantitative estimate of drug-likeness (QED) is 0.400. The van der Waals surface area contributed by atoms with E-state index in [4.69, 9.17) is 15.3 Å². The van der Waals surface area contributed by atoms with Crippen LogP contribution < -0.4 is 16.0 Å². The summed E-state index contributed by atoms with van der Waals surface area (Å²) in [5.41, 5.74) is 2.36. The van der Waals surface area contributed by atoms with Crippen molar-refractivity contribution in [3.63, 3.8) is 0 Å². The van der Waals surface area contributed by atoms with E-state index in [0.717, 1.165) is 0 Å². The number of nitrogens with one attached hydrogen (secondary N) is 1. The molecule has 0 saturated carbocycles. The second-order valence-corrected chi connectivity index (χ2v) is 3.38. The number of hydrogen-bond acceptors (Lipinski definition) is 8. The van der Waals surface area contributed by atoms with E-state index >= 15 is 0 Å². The first-order valence-electron chi connectivity index (χ1n) is 5.76. The molecule has 0 aliphatic rings. The molecule has 0 saturated heterocycles. The number of nitrogens with zero attached hydrogens (tertiary/aromatic N) is 5. The van der Waals surface area contributed by atoms with Crippen LogP contribution in [0.1, 0.15) is 6.92 Å². The van der Waals surface area contributed by atoms with Gasteiger partial charge in [-0.2, -0.15) is 20.1 Å². The van der Waals surface area contributed by atoms with Gasteiger partial charge in [0.1, 0.15) is 6.61 Å². The molecule has 0 bridgehead atoms. The van der Waals surface area contributed by atoms with E-state index in [1.807, 2.05) is 6.92 Å². The maximum absolute atomic E-state index is 5.37. The summed E-state index contributed by atoms with van der Waals surface area (Å²) in [6.45, 7) is 3.36. The van der Waals surface area contributed by atoms with Crippen LogP contribution in [-0.4, -0.2) is 44.6 Å². The van der Waals surface area contributed by atoms with Crippen molar-refractivity contribution >= 4 is 5.95 Å². The zero-order valence-corrected chi connectivity index (χ0v) is 10.5. The van der Waals surface area contributed by atoms with Crippen LogP contribution in [0.2, 0.25) is 0 Å². The fourth-order valence-electron chi connectivity index (χ4n) is 1.30. The number of aromatic nitrogens is 5. The number of nitrogen functional groups attached to an aromatic ring is 1. The normalized spacial score (nSPS) is 10.4. The van der Waals surface area contributed by atoms with Gasteiger partial charge in [0.25, 0.3) is 5.95 Å². The first-order chi connectivity index (χ1) is 9.33. The average Bonchev–Trinajstić information content (AvgIpc) is 2.97. The highest BCUT2D eigenvalue weighted by Gasteiger charge is 2.08. The van der Waals surface area contributed by atoms with Gasteiger partial charge in [0.05, 0.1) is 6.61 Å². The lowest BCUT2D eigenvalue weighted by molar-refractivity contribution is 0.106. The van der Waals surface area contributed by atoms with Gasteiger partial charge in [-0.15, -0.1) is 0 Å². The molecule has 0 unspecified atom stereocenters. The molecule has 0 spiro atoms. The molecule has 0 atom stereocenters. The van der Waals surface area contributed by atoms with Crippen molar-refractivity contribution in [3.05, 3.63) is 18.5 Å². The van der Waals surface area contributed by atoms with Crippen molar-refractivity contribution in [1.29, 1.82) is 0 Å². The smallest absolute Gasteiger partial charge is 0.323 e. The lowest BCUT2D eigenvalue weighted by Crippen LogP contribution is -2.16. The lowest BCUT2D eigenvalue weighted by Gasteiger charge is -2.07. The van der Waals surface area contributed by atoms with Gasteiger partial charge in [-0.05, 0) is 13.0 Å². The molecule has 9 heteroatoms. The summed E-state index contributed by atoms with van der Waals surface area (Å²) >= 11 is 0.